The molecule has 2 aromatic carbocycles. The number of halogens is 1. The van der Waals surface area contributed by atoms with Gasteiger partial charge in [0.1, 0.15) is 0 Å². The highest BCUT2D eigenvalue weighted by Crippen LogP contribution is 2.40. The fourth-order valence-corrected chi connectivity index (χ4v) is 6.15. The third-order valence-electron chi connectivity index (χ3n) is 6.17. The van der Waals surface area contributed by atoms with Crippen molar-refractivity contribution in [2.24, 2.45) is 7.05 Å². The Morgan fingerprint density at radius 1 is 1.06 bits per heavy atom. The molecule has 0 saturated heterocycles. The van der Waals surface area contributed by atoms with Crippen molar-refractivity contribution in [1.82, 2.24) is 13.5 Å². The summed E-state index contributed by atoms with van der Waals surface area (Å²) in [5, 5.41) is 1.60. The van der Waals surface area contributed by atoms with E-state index in [1.54, 1.807) is 43.6 Å². The highest BCUT2D eigenvalue weighted by atomic mass is 127. The Labute approximate surface area is 223 Å². The van der Waals surface area contributed by atoms with Crippen LogP contribution in [0.1, 0.15) is 12.0 Å². The van der Waals surface area contributed by atoms with E-state index >= 15 is 0 Å². The fraction of sp³-hybridized carbons (Fsp3) is 0.222. The molecule has 0 atom stereocenters. The molecule has 0 amide bonds. The molecule has 5 aromatic rings. The van der Waals surface area contributed by atoms with Crippen molar-refractivity contribution >= 4 is 54.6 Å². The van der Waals surface area contributed by atoms with Crippen LogP contribution in [0.2, 0.25) is 0 Å². The van der Waals surface area contributed by atoms with Crippen molar-refractivity contribution in [1.29, 1.82) is 0 Å². The van der Waals surface area contributed by atoms with Crippen LogP contribution in [0.5, 0.6) is 11.5 Å². The molecule has 7 nitrogen and oxygen atoms in total. The number of alkyl halides is 1. The van der Waals surface area contributed by atoms with Crippen LogP contribution in [0.4, 0.5) is 0 Å². The van der Waals surface area contributed by atoms with Gasteiger partial charge in [-0.1, -0.05) is 40.3 Å². The zero-order valence-corrected chi connectivity index (χ0v) is 23.2. The van der Waals surface area contributed by atoms with E-state index in [9.17, 15) is 8.42 Å². The average molecular weight is 615 g/mol. The van der Waals surface area contributed by atoms with Crippen LogP contribution in [0.3, 0.4) is 0 Å². The van der Waals surface area contributed by atoms with Gasteiger partial charge in [-0.05, 0) is 49.7 Å². The maximum atomic E-state index is 14.0. The van der Waals surface area contributed by atoms with Crippen LogP contribution >= 0.6 is 22.6 Å². The van der Waals surface area contributed by atoms with Crippen LogP contribution in [-0.2, 0) is 17.1 Å². The van der Waals surface area contributed by atoms with Gasteiger partial charge in [0.05, 0.1) is 29.8 Å². The number of aryl methyl sites for hydroxylation is 2. The minimum absolute atomic E-state index is 0.210. The van der Waals surface area contributed by atoms with Gasteiger partial charge in [-0.3, -0.25) is 0 Å². The quantitative estimate of drug-likeness (QED) is 0.123. The van der Waals surface area contributed by atoms with Gasteiger partial charge in [-0.2, -0.15) is 0 Å². The Kier molecular flexibility index (Phi) is 6.69. The number of benzene rings is 2. The highest BCUT2D eigenvalue weighted by Gasteiger charge is 2.27. The molecule has 0 spiro atoms. The standard InChI is InChI=1S/C27H26IN3O4S/c1-18-7-9-20(10-8-18)36(32,33)31-24(14-19-6-4-12-29-27(19)31)22-17-30(2)23-16-26(35-13-5-11-28)25(34-3)15-21(22)23/h4,6-10,12,14-17H,5,11,13H2,1-3H3. The number of rotatable bonds is 8. The molecular weight excluding hydrogens is 589 g/mol. The van der Waals surface area contributed by atoms with E-state index in [-0.39, 0.29) is 4.90 Å². The zero-order chi connectivity index (χ0) is 25.4. The van der Waals surface area contributed by atoms with Crippen LogP contribution < -0.4 is 9.47 Å². The number of nitrogens with zero attached hydrogens (tertiary/aromatic N) is 3. The van der Waals surface area contributed by atoms with Crippen molar-refractivity contribution in [2.75, 3.05) is 18.1 Å². The number of ether oxygens (including phenoxy) is 2. The first-order valence-corrected chi connectivity index (χ1v) is 14.5. The normalized spacial score (nSPS) is 11.9. The molecule has 0 N–H and O–H groups in total. The number of hydrogen-bond acceptors (Lipinski definition) is 5. The molecule has 0 unspecified atom stereocenters. The molecule has 0 fully saturated rings. The average Bonchev–Trinajstić information content (AvgIpc) is 3.42. The van der Waals surface area contributed by atoms with Crippen LogP contribution in [0.15, 0.2) is 71.9 Å². The number of fused-ring (bicyclic) bond motifs is 2. The molecule has 0 aliphatic carbocycles. The van der Waals surface area contributed by atoms with E-state index in [0.29, 0.717) is 29.4 Å². The monoisotopic (exact) mass is 615 g/mol. The molecule has 9 heteroatoms. The molecule has 3 heterocycles. The molecule has 186 valence electrons. The van der Waals surface area contributed by atoms with Gasteiger partial charge in [0.2, 0.25) is 0 Å². The van der Waals surface area contributed by atoms with E-state index in [1.807, 2.05) is 49.0 Å². The molecule has 0 aliphatic rings. The molecular formula is C27H26IN3O4S. The van der Waals surface area contributed by atoms with Crippen molar-refractivity contribution in [3.05, 3.63) is 72.6 Å². The Bertz CT molecular complexity index is 1670. The van der Waals surface area contributed by atoms with E-state index in [4.69, 9.17) is 9.47 Å². The number of pyridine rings is 1. The molecule has 0 aliphatic heterocycles. The smallest absolute Gasteiger partial charge is 0.269 e. The summed E-state index contributed by atoms with van der Waals surface area (Å²) in [4.78, 5) is 4.65. The predicted octanol–water partition coefficient (Wildman–Crippen LogP) is 5.95. The Hall–Kier alpha value is -3.05. The van der Waals surface area contributed by atoms with Gasteiger partial charge >= 0.3 is 0 Å². The first kappa shape index (κ1) is 24.6. The predicted molar refractivity (Wildman–Crippen MR) is 151 cm³/mol. The van der Waals surface area contributed by atoms with Crippen LogP contribution in [-0.4, -0.2) is 40.1 Å². The van der Waals surface area contributed by atoms with Gasteiger partial charge in [0, 0.05) is 46.3 Å². The third-order valence-corrected chi connectivity index (χ3v) is 8.65. The summed E-state index contributed by atoms with van der Waals surface area (Å²) < 4.78 is 43.9. The van der Waals surface area contributed by atoms with Crippen molar-refractivity contribution in [3.8, 4) is 22.8 Å². The molecule has 5 rings (SSSR count). The minimum atomic E-state index is -3.93. The van der Waals surface area contributed by atoms with Crippen molar-refractivity contribution < 1.29 is 17.9 Å². The van der Waals surface area contributed by atoms with Gasteiger partial charge < -0.3 is 14.0 Å². The van der Waals surface area contributed by atoms with Crippen LogP contribution in [0.25, 0.3) is 33.2 Å². The maximum Gasteiger partial charge on any atom is 0.269 e. The maximum absolute atomic E-state index is 14.0. The second kappa shape index (κ2) is 9.78. The van der Waals surface area contributed by atoms with Gasteiger partial charge in [0.15, 0.2) is 17.1 Å². The second-order valence-electron chi connectivity index (χ2n) is 8.59. The van der Waals surface area contributed by atoms with E-state index in [0.717, 1.165) is 38.3 Å². The topological polar surface area (TPSA) is 75.4 Å². The first-order valence-electron chi connectivity index (χ1n) is 11.5. The summed E-state index contributed by atoms with van der Waals surface area (Å²) in [6.07, 6.45) is 4.48. The molecule has 3 aromatic heterocycles. The van der Waals surface area contributed by atoms with Crippen LogP contribution in [0, 0.1) is 6.92 Å². The second-order valence-corrected chi connectivity index (χ2v) is 11.5. The summed E-state index contributed by atoms with van der Waals surface area (Å²) in [7, 11) is -0.382. The molecule has 0 bridgehead atoms. The summed E-state index contributed by atoms with van der Waals surface area (Å²) in [5.41, 5.74) is 3.58. The van der Waals surface area contributed by atoms with Crippen molar-refractivity contribution in [2.45, 2.75) is 18.2 Å². The lowest BCUT2D eigenvalue weighted by Gasteiger charge is -2.13. The summed E-state index contributed by atoms with van der Waals surface area (Å²) in [6.45, 7) is 2.52. The fourth-order valence-electron chi connectivity index (χ4n) is 4.36. The lowest BCUT2D eigenvalue weighted by molar-refractivity contribution is 0.296. The molecule has 36 heavy (non-hydrogen) atoms. The number of methoxy groups -OCH3 is 1. The third kappa shape index (κ3) is 4.24. The summed E-state index contributed by atoms with van der Waals surface area (Å²) in [6, 6.07) is 16.3. The summed E-state index contributed by atoms with van der Waals surface area (Å²) >= 11 is 2.33. The van der Waals surface area contributed by atoms with Crippen molar-refractivity contribution in [3.63, 3.8) is 0 Å². The zero-order valence-electron chi connectivity index (χ0n) is 20.2. The Morgan fingerprint density at radius 3 is 2.56 bits per heavy atom. The molecule has 0 radical (unpaired) electrons. The number of aromatic nitrogens is 3. The lowest BCUT2D eigenvalue weighted by Crippen LogP contribution is -2.14. The minimum Gasteiger partial charge on any atom is -0.493 e. The van der Waals surface area contributed by atoms with E-state index < -0.39 is 10.0 Å². The largest absolute Gasteiger partial charge is 0.493 e. The Balaban J connectivity index is 1.76. The van der Waals surface area contributed by atoms with E-state index in [1.165, 1.54) is 3.97 Å². The highest BCUT2D eigenvalue weighted by molar-refractivity contribution is 14.1. The number of hydrogen-bond donors (Lipinski definition) is 0. The Morgan fingerprint density at radius 2 is 1.83 bits per heavy atom. The van der Waals surface area contributed by atoms with E-state index in [2.05, 4.69) is 27.6 Å². The van der Waals surface area contributed by atoms with Gasteiger partial charge in [0.25, 0.3) is 10.0 Å². The molecule has 0 saturated carbocycles. The van der Waals surface area contributed by atoms with Gasteiger partial charge in [-0.25, -0.2) is 17.4 Å². The SMILES string of the molecule is COc1cc2c(-c3cc4cccnc4n3S(=O)(=O)c3ccc(C)cc3)cn(C)c2cc1OCCCI. The summed E-state index contributed by atoms with van der Waals surface area (Å²) in [5.74, 6) is 1.27. The lowest BCUT2D eigenvalue weighted by atomic mass is 10.1. The van der Waals surface area contributed by atoms with Gasteiger partial charge in [-0.15, -0.1) is 0 Å². The first-order chi connectivity index (χ1) is 17.3.